The molecular weight excluding hydrogens is 214 g/mol. The molecule has 0 aliphatic carbocycles. The summed E-state index contributed by atoms with van der Waals surface area (Å²) in [5, 5.41) is 25.7. The number of sulfone groups is 1. The van der Waals surface area contributed by atoms with Gasteiger partial charge in [-0.15, -0.1) is 0 Å². The van der Waals surface area contributed by atoms with Gasteiger partial charge in [-0.3, -0.25) is 0 Å². The summed E-state index contributed by atoms with van der Waals surface area (Å²) >= 11 is 0. The van der Waals surface area contributed by atoms with Crippen LogP contribution in [0.2, 0.25) is 0 Å². The van der Waals surface area contributed by atoms with Gasteiger partial charge in [-0.05, 0) is 12.8 Å². The van der Waals surface area contributed by atoms with Crippen LogP contribution in [0.1, 0.15) is 25.7 Å². The zero-order valence-electron chi connectivity index (χ0n) is 8.39. The molecule has 0 spiro atoms. The Balaban J connectivity index is 5.09. The van der Waals surface area contributed by atoms with Crippen LogP contribution in [0.5, 0.6) is 0 Å². The van der Waals surface area contributed by atoms with Crippen LogP contribution in [0.15, 0.2) is 0 Å². The van der Waals surface area contributed by atoms with Crippen molar-refractivity contribution in [1.82, 2.24) is 0 Å². The fraction of sp³-hybridized carbons (Fsp3) is 0.667. The molecule has 0 atom stereocenters. The van der Waals surface area contributed by atoms with Crippen molar-refractivity contribution in [2.24, 2.45) is 0 Å². The molecule has 0 saturated heterocycles. The van der Waals surface area contributed by atoms with Crippen molar-refractivity contribution in [3.05, 3.63) is 0 Å². The van der Waals surface area contributed by atoms with Crippen molar-refractivity contribution in [1.29, 1.82) is 15.8 Å². The van der Waals surface area contributed by atoms with E-state index in [0.29, 0.717) is 0 Å². The van der Waals surface area contributed by atoms with Crippen LogP contribution in [0.3, 0.4) is 0 Å². The van der Waals surface area contributed by atoms with E-state index in [1.165, 1.54) is 0 Å². The van der Waals surface area contributed by atoms with Crippen LogP contribution in [0.4, 0.5) is 0 Å². The van der Waals surface area contributed by atoms with Crippen LogP contribution in [0, 0.1) is 34.0 Å². The molecule has 0 aromatic heterocycles. The average molecular weight is 225 g/mol. The average Bonchev–Trinajstić information content (AvgIpc) is 2.17. The molecule has 15 heavy (non-hydrogen) atoms. The molecule has 0 N–H and O–H groups in total. The summed E-state index contributed by atoms with van der Waals surface area (Å²) in [6.45, 7) is 0. The third-order valence-electron chi connectivity index (χ3n) is 2.19. The molecule has 0 saturated carbocycles. The Bertz CT molecular complexity index is 415. The molecule has 5 nitrogen and oxygen atoms in total. The molecule has 6 heteroatoms. The minimum Gasteiger partial charge on any atom is -0.227 e. The summed E-state index contributed by atoms with van der Waals surface area (Å²) in [5.41, 5.74) is 0. The second-order valence-electron chi connectivity index (χ2n) is 3.19. The van der Waals surface area contributed by atoms with E-state index in [1.54, 1.807) is 6.07 Å². The highest BCUT2D eigenvalue weighted by Gasteiger charge is 2.40. The fourth-order valence-electron chi connectivity index (χ4n) is 1.21. The van der Waals surface area contributed by atoms with E-state index in [9.17, 15) is 8.42 Å². The van der Waals surface area contributed by atoms with E-state index < -0.39 is 14.6 Å². The van der Waals surface area contributed by atoms with Crippen molar-refractivity contribution >= 4 is 9.84 Å². The maximum absolute atomic E-state index is 11.5. The topological polar surface area (TPSA) is 106 Å². The number of hydrogen-bond acceptors (Lipinski definition) is 5. The standard InChI is InChI=1S/C9H11N3O2S/c1-15(13,14)9(8-12,4-2-6-10)5-3-7-11/h2-5H2,1H3. The SMILES string of the molecule is CS(=O)(=O)C(C#N)(CCC#N)CCC#N. The Labute approximate surface area is 89.5 Å². The first-order chi connectivity index (χ1) is 6.93. The molecule has 0 aliphatic rings. The second-order valence-corrected chi connectivity index (χ2v) is 5.52. The van der Waals surface area contributed by atoms with Gasteiger partial charge in [0.25, 0.3) is 0 Å². The van der Waals surface area contributed by atoms with Crippen LogP contribution in [0.25, 0.3) is 0 Å². The van der Waals surface area contributed by atoms with E-state index >= 15 is 0 Å². The highest BCUT2D eigenvalue weighted by Crippen LogP contribution is 2.27. The number of nitrogens with zero attached hydrogens (tertiary/aromatic N) is 3. The van der Waals surface area contributed by atoms with E-state index in [1.807, 2.05) is 12.1 Å². The highest BCUT2D eigenvalue weighted by molar-refractivity contribution is 7.92. The van der Waals surface area contributed by atoms with Crippen molar-refractivity contribution < 1.29 is 8.42 Å². The Kier molecular flexibility index (Phi) is 4.78. The zero-order chi connectivity index (χ0) is 11.9. The predicted octanol–water partition coefficient (Wildman–Crippen LogP) is 0.901. The molecule has 0 amide bonds. The zero-order valence-corrected chi connectivity index (χ0v) is 9.21. The van der Waals surface area contributed by atoms with Gasteiger partial charge in [0.2, 0.25) is 0 Å². The van der Waals surface area contributed by atoms with Gasteiger partial charge in [-0.25, -0.2) is 8.42 Å². The van der Waals surface area contributed by atoms with Crippen LogP contribution < -0.4 is 0 Å². The minimum absolute atomic E-state index is 0.00788. The summed E-state index contributed by atoms with van der Waals surface area (Å²) < 4.78 is 21.3. The van der Waals surface area contributed by atoms with Gasteiger partial charge < -0.3 is 0 Å². The number of rotatable bonds is 5. The molecule has 0 heterocycles. The lowest BCUT2D eigenvalue weighted by Crippen LogP contribution is -2.36. The van der Waals surface area contributed by atoms with Gasteiger partial charge >= 0.3 is 0 Å². The summed E-state index contributed by atoms with van der Waals surface area (Å²) in [6, 6.07) is 5.35. The molecule has 0 rings (SSSR count). The van der Waals surface area contributed by atoms with Crippen molar-refractivity contribution in [3.8, 4) is 18.2 Å². The maximum Gasteiger partial charge on any atom is 0.166 e. The van der Waals surface area contributed by atoms with Gasteiger partial charge in [0.15, 0.2) is 14.6 Å². The van der Waals surface area contributed by atoms with Crippen molar-refractivity contribution in [2.45, 2.75) is 30.4 Å². The van der Waals surface area contributed by atoms with Gasteiger partial charge in [-0.1, -0.05) is 0 Å². The summed E-state index contributed by atoms with van der Waals surface area (Å²) in [4.78, 5) is 0. The van der Waals surface area contributed by atoms with Crippen LogP contribution in [-0.4, -0.2) is 19.4 Å². The van der Waals surface area contributed by atoms with Crippen molar-refractivity contribution in [2.75, 3.05) is 6.26 Å². The fourth-order valence-corrected chi connectivity index (χ4v) is 2.32. The monoisotopic (exact) mass is 225 g/mol. The first-order valence-electron chi connectivity index (χ1n) is 4.28. The van der Waals surface area contributed by atoms with E-state index in [-0.39, 0.29) is 25.7 Å². The summed E-state index contributed by atoms with van der Waals surface area (Å²) in [6.07, 6.45) is 0.865. The van der Waals surface area contributed by atoms with Gasteiger partial charge in [0.1, 0.15) is 0 Å². The normalized spacial score (nSPS) is 11.1. The maximum atomic E-state index is 11.5. The predicted molar refractivity (Wildman–Crippen MR) is 52.9 cm³/mol. The Morgan fingerprint density at radius 2 is 1.47 bits per heavy atom. The Morgan fingerprint density at radius 1 is 1.07 bits per heavy atom. The molecule has 0 fully saturated rings. The van der Waals surface area contributed by atoms with E-state index in [4.69, 9.17) is 15.8 Å². The second kappa shape index (κ2) is 5.34. The Hall–Kier alpha value is -1.58. The molecule has 0 unspecified atom stereocenters. The third-order valence-corrected chi connectivity index (χ3v) is 4.11. The molecule has 0 aromatic carbocycles. The lowest BCUT2D eigenvalue weighted by atomic mass is 9.99. The first-order valence-corrected chi connectivity index (χ1v) is 6.17. The molecular formula is C9H11N3O2S. The van der Waals surface area contributed by atoms with Gasteiger partial charge in [0.05, 0.1) is 18.2 Å². The molecule has 0 radical (unpaired) electrons. The van der Waals surface area contributed by atoms with Crippen molar-refractivity contribution in [3.63, 3.8) is 0 Å². The largest absolute Gasteiger partial charge is 0.227 e. The minimum atomic E-state index is -3.58. The first kappa shape index (κ1) is 13.4. The smallest absolute Gasteiger partial charge is 0.166 e. The van der Waals surface area contributed by atoms with Gasteiger partial charge in [0, 0.05) is 19.1 Å². The van der Waals surface area contributed by atoms with E-state index in [0.717, 1.165) is 6.26 Å². The van der Waals surface area contributed by atoms with Crippen LogP contribution >= 0.6 is 0 Å². The lowest BCUT2D eigenvalue weighted by molar-refractivity contribution is 0.529. The Morgan fingerprint density at radius 3 is 1.67 bits per heavy atom. The summed E-state index contributed by atoms with van der Waals surface area (Å²) in [7, 11) is -3.58. The van der Waals surface area contributed by atoms with Gasteiger partial charge in [-0.2, -0.15) is 15.8 Å². The third kappa shape index (κ3) is 3.23. The summed E-state index contributed by atoms with van der Waals surface area (Å²) in [5.74, 6) is 0. The highest BCUT2D eigenvalue weighted by atomic mass is 32.2. The van der Waals surface area contributed by atoms with E-state index in [2.05, 4.69) is 0 Å². The molecule has 80 valence electrons. The number of nitriles is 3. The molecule has 0 bridgehead atoms. The lowest BCUT2D eigenvalue weighted by Gasteiger charge is -2.22. The number of hydrogen-bond donors (Lipinski definition) is 0. The molecule has 0 aliphatic heterocycles. The van der Waals surface area contributed by atoms with Crippen LogP contribution in [-0.2, 0) is 9.84 Å². The molecule has 0 aromatic rings. The quantitative estimate of drug-likeness (QED) is 0.691.